The maximum absolute atomic E-state index is 13.0. The lowest BCUT2D eigenvalue weighted by Gasteiger charge is -2.25. The van der Waals surface area contributed by atoms with Gasteiger partial charge in [-0.25, -0.2) is 0 Å². The highest BCUT2D eigenvalue weighted by Gasteiger charge is 2.46. The normalized spacial score (nSPS) is 18.8. The van der Waals surface area contributed by atoms with Gasteiger partial charge in [0.05, 0.1) is 22.9 Å². The van der Waals surface area contributed by atoms with Crippen LogP contribution in [0.1, 0.15) is 35.0 Å². The highest BCUT2D eigenvalue weighted by atomic mass is 16.3. The Morgan fingerprint density at radius 3 is 2.55 bits per heavy atom. The van der Waals surface area contributed by atoms with Gasteiger partial charge in [0, 0.05) is 31.7 Å². The Morgan fingerprint density at radius 2 is 2.00 bits per heavy atom. The second-order valence-electron chi connectivity index (χ2n) is 7.61. The van der Waals surface area contributed by atoms with E-state index in [2.05, 4.69) is 10.1 Å². The first-order chi connectivity index (χ1) is 13.7. The van der Waals surface area contributed by atoms with Crippen LogP contribution >= 0.6 is 0 Å². The van der Waals surface area contributed by atoms with Crippen molar-refractivity contribution in [3.63, 3.8) is 0 Å². The van der Waals surface area contributed by atoms with E-state index in [9.17, 15) is 14.7 Å². The molecule has 1 amide bonds. The van der Waals surface area contributed by atoms with Gasteiger partial charge in [0.25, 0.3) is 11.7 Å². The van der Waals surface area contributed by atoms with Crippen LogP contribution < -0.4 is 0 Å². The maximum atomic E-state index is 13.0. The van der Waals surface area contributed by atoms with Crippen molar-refractivity contribution in [1.29, 1.82) is 0 Å². The number of Topliss-reactive ketones (excluding diaryl/α,β-unsaturated/α-hetero) is 1. The molecule has 3 heterocycles. The Hall–Kier alpha value is -3.00. The number of amides is 1. The number of aliphatic hydroxyl groups is 1. The van der Waals surface area contributed by atoms with Gasteiger partial charge in [0.1, 0.15) is 5.76 Å². The quantitative estimate of drug-likeness (QED) is 0.454. The van der Waals surface area contributed by atoms with Crippen LogP contribution in [0.15, 0.2) is 30.1 Å². The van der Waals surface area contributed by atoms with Crippen molar-refractivity contribution in [2.75, 3.05) is 27.2 Å². The molecule has 0 unspecified atom stereocenters. The van der Waals surface area contributed by atoms with Gasteiger partial charge in [-0.3, -0.25) is 19.3 Å². The molecule has 1 atom stereocenters. The summed E-state index contributed by atoms with van der Waals surface area (Å²) in [7, 11) is 5.69. The third-order valence-corrected chi connectivity index (χ3v) is 5.29. The molecule has 8 nitrogen and oxygen atoms in total. The molecular weight excluding hydrogens is 370 g/mol. The van der Waals surface area contributed by atoms with Gasteiger partial charge in [-0.15, -0.1) is 0 Å². The number of likely N-dealkylation sites (tertiary alicyclic amines) is 1. The van der Waals surface area contributed by atoms with Crippen LogP contribution in [0.3, 0.4) is 0 Å². The Labute approximate surface area is 170 Å². The van der Waals surface area contributed by atoms with E-state index in [1.54, 1.807) is 37.1 Å². The predicted molar refractivity (Wildman–Crippen MR) is 109 cm³/mol. The molecule has 0 radical (unpaired) electrons. The van der Waals surface area contributed by atoms with E-state index < -0.39 is 17.7 Å². The summed E-state index contributed by atoms with van der Waals surface area (Å²) in [5, 5.41) is 15.5. The molecule has 0 bridgehead atoms. The largest absolute Gasteiger partial charge is 0.507 e. The van der Waals surface area contributed by atoms with Crippen LogP contribution in [0.5, 0.6) is 0 Å². The molecule has 0 saturated carbocycles. The fourth-order valence-corrected chi connectivity index (χ4v) is 3.80. The molecule has 0 aliphatic carbocycles. The number of carbonyl (C=O) groups is 2. The van der Waals surface area contributed by atoms with E-state index in [1.807, 2.05) is 32.0 Å². The second-order valence-corrected chi connectivity index (χ2v) is 7.61. The molecule has 8 heteroatoms. The molecule has 0 aromatic carbocycles. The first-order valence-electron chi connectivity index (χ1n) is 9.57. The Kier molecular flexibility index (Phi) is 5.83. The maximum Gasteiger partial charge on any atom is 0.295 e. The molecule has 0 spiro atoms. The standard InChI is InChI=1S/C21H27N5O3/c1-13-16(14(2)25(5)23-13)19(27)17-18(15-8-6-9-22-12-15)26(21(29)20(17)28)11-7-10-24(3)4/h6,8-9,12,18,27H,7,10-11H2,1-5H3/b19-17+/t18-/m0/s1. The number of rotatable bonds is 6. The molecule has 3 rings (SSSR count). The Bertz CT molecular complexity index is 962. The minimum absolute atomic E-state index is 0.0899. The summed E-state index contributed by atoms with van der Waals surface area (Å²) in [4.78, 5) is 33.5. The number of aryl methyl sites for hydroxylation is 2. The fourth-order valence-electron chi connectivity index (χ4n) is 3.80. The highest BCUT2D eigenvalue weighted by Crippen LogP contribution is 2.40. The summed E-state index contributed by atoms with van der Waals surface area (Å²) in [6.45, 7) is 4.78. The monoisotopic (exact) mass is 397 g/mol. The summed E-state index contributed by atoms with van der Waals surface area (Å²) in [6.07, 6.45) is 3.98. The number of aliphatic hydroxyl groups excluding tert-OH is 1. The topological polar surface area (TPSA) is 91.6 Å². The van der Waals surface area contributed by atoms with Crippen LogP contribution in [0.2, 0.25) is 0 Å². The number of hydrogen-bond acceptors (Lipinski definition) is 6. The number of nitrogens with zero attached hydrogens (tertiary/aromatic N) is 5. The first kappa shape index (κ1) is 20.7. The van der Waals surface area contributed by atoms with Crippen LogP contribution in [0, 0.1) is 13.8 Å². The van der Waals surface area contributed by atoms with Crippen molar-refractivity contribution in [3.8, 4) is 0 Å². The molecule has 1 N–H and O–H groups in total. The lowest BCUT2D eigenvalue weighted by molar-refractivity contribution is -0.139. The van der Waals surface area contributed by atoms with Crippen molar-refractivity contribution in [2.24, 2.45) is 7.05 Å². The van der Waals surface area contributed by atoms with Gasteiger partial charge in [-0.2, -0.15) is 5.10 Å². The zero-order valence-electron chi connectivity index (χ0n) is 17.5. The smallest absolute Gasteiger partial charge is 0.295 e. The van der Waals surface area contributed by atoms with E-state index in [0.717, 1.165) is 12.2 Å². The molecule has 29 heavy (non-hydrogen) atoms. The zero-order chi connectivity index (χ0) is 21.3. The van der Waals surface area contributed by atoms with Gasteiger partial charge in [-0.05, 0) is 52.5 Å². The third-order valence-electron chi connectivity index (χ3n) is 5.29. The van der Waals surface area contributed by atoms with Gasteiger partial charge in [0.15, 0.2) is 0 Å². The van der Waals surface area contributed by atoms with Crippen LogP contribution in [0.25, 0.3) is 5.76 Å². The molecule has 1 aliphatic rings. The number of pyridine rings is 1. The molecule has 1 aliphatic heterocycles. The molecule has 2 aromatic heterocycles. The summed E-state index contributed by atoms with van der Waals surface area (Å²) in [6, 6.07) is 2.90. The Morgan fingerprint density at radius 1 is 1.28 bits per heavy atom. The average molecular weight is 397 g/mol. The summed E-state index contributed by atoms with van der Waals surface area (Å²) >= 11 is 0. The number of carbonyl (C=O) groups excluding carboxylic acids is 2. The summed E-state index contributed by atoms with van der Waals surface area (Å²) < 4.78 is 1.65. The van der Waals surface area contributed by atoms with Crippen LogP contribution in [-0.4, -0.2) is 68.5 Å². The van der Waals surface area contributed by atoms with Gasteiger partial charge < -0.3 is 14.9 Å². The summed E-state index contributed by atoms with van der Waals surface area (Å²) in [5.74, 6) is -1.46. The summed E-state index contributed by atoms with van der Waals surface area (Å²) in [5.41, 5.74) is 2.60. The van der Waals surface area contributed by atoms with Gasteiger partial charge in [0.2, 0.25) is 0 Å². The molecule has 1 fully saturated rings. The van der Waals surface area contributed by atoms with Crippen molar-refractivity contribution in [3.05, 3.63) is 52.6 Å². The van der Waals surface area contributed by atoms with E-state index in [1.165, 1.54) is 4.90 Å². The minimum Gasteiger partial charge on any atom is -0.507 e. The zero-order valence-corrected chi connectivity index (χ0v) is 17.5. The van der Waals surface area contributed by atoms with E-state index >= 15 is 0 Å². The van der Waals surface area contributed by atoms with Gasteiger partial charge >= 0.3 is 0 Å². The number of aromatic nitrogens is 3. The number of ketones is 1. The highest BCUT2D eigenvalue weighted by molar-refractivity contribution is 6.46. The van der Waals surface area contributed by atoms with Crippen LogP contribution in [-0.2, 0) is 16.6 Å². The van der Waals surface area contributed by atoms with E-state index in [-0.39, 0.29) is 11.3 Å². The van der Waals surface area contributed by atoms with E-state index in [4.69, 9.17) is 0 Å². The SMILES string of the molecule is Cc1nn(C)c(C)c1/C(O)=C1\C(=O)C(=O)N(CCCN(C)C)[C@H]1c1cccnc1. The van der Waals surface area contributed by atoms with E-state index in [0.29, 0.717) is 29.8 Å². The first-order valence-corrected chi connectivity index (χ1v) is 9.57. The fraction of sp³-hybridized carbons (Fsp3) is 0.429. The molecule has 1 saturated heterocycles. The number of hydrogen-bond donors (Lipinski definition) is 1. The molecular formula is C21H27N5O3. The van der Waals surface area contributed by atoms with Crippen molar-refractivity contribution >= 4 is 17.4 Å². The lowest BCUT2D eigenvalue weighted by Crippen LogP contribution is -2.32. The molecule has 154 valence electrons. The van der Waals surface area contributed by atoms with Crippen LogP contribution in [0.4, 0.5) is 0 Å². The van der Waals surface area contributed by atoms with Crippen molar-refractivity contribution in [2.45, 2.75) is 26.3 Å². The third kappa shape index (κ3) is 3.80. The van der Waals surface area contributed by atoms with Crippen molar-refractivity contribution < 1.29 is 14.7 Å². The average Bonchev–Trinajstić information content (AvgIpc) is 3.08. The second kappa shape index (κ2) is 8.16. The molecule has 2 aromatic rings. The van der Waals surface area contributed by atoms with Gasteiger partial charge in [-0.1, -0.05) is 6.07 Å². The minimum atomic E-state index is -0.677. The predicted octanol–water partition coefficient (Wildman–Crippen LogP) is 1.81. The lowest BCUT2D eigenvalue weighted by atomic mass is 9.95. The van der Waals surface area contributed by atoms with Crippen molar-refractivity contribution in [1.82, 2.24) is 24.6 Å². The Balaban J connectivity index is 2.13.